The first-order valence-electron chi connectivity index (χ1n) is 12.7. The molecular formula is C28H40O4. The van der Waals surface area contributed by atoms with E-state index >= 15 is 0 Å². The lowest BCUT2D eigenvalue weighted by atomic mass is 9.59. The van der Waals surface area contributed by atoms with Gasteiger partial charge in [-0.1, -0.05) is 57.8 Å². The van der Waals surface area contributed by atoms with Crippen LogP contribution >= 0.6 is 0 Å². The predicted octanol–water partition coefficient (Wildman–Crippen LogP) is 5.39. The van der Waals surface area contributed by atoms with Gasteiger partial charge < -0.3 is 9.84 Å². The highest BCUT2D eigenvalue weighted by molar-refractivity contribution is 5.95. The SMILES string of the molecule is CC1=C[C@@H]2C(=O)[C@]3(C=C(C)[C@H](OC(=O)C4(C)CCCCC4)[C@@]3(O)C1)[C@H](C)C[C@@H]1[C@H]2C1(C)C. The summed E-state index contributed by atoms with van der Waals surface area (Å²) >= 11 is 0. The molecule has 0 heterocycles. The van der Waals surface area contributed by atoms with E-state index in [1.165, 1.54) is 0 Å². The smallest absolute Gasteiger partial charge is 0.312 e. The number of esters is 1. The zero-order valence-corrected chi connectivity index (χ0v) is 20.7. The average Bonchev–Trinajstić information content (AvgIpc) is 3.22. The van der Waals surface area contributed by atoms with Crippen LogP contribution in [0.1, 0.15) is 86.5 Å². The molecule has 0 unspecified atom stereocenters. The van der Waals surface area contributed by atoms with Gasteiger partial charge in [0.2, 0.25) is 0 Å². The Balaban J connectivity index is 1.55. The maximum Gasteiger partial charge on any atom is 0.312 e. The zero-order chi connectivity index (χ0) is 23.3. The molecule has 1 spiro atoms. The Bertz CT molecular complexity index is 920. The summed E-state index contributed by atoms with van der Waals surface area (Å²) in [6.45, 7) is 12.7. The van der Waals surface area contributed by atoms with E-state index in [1.54, 1.807) is 0 Å². The predicted molar refractivity (Wildman–Crippen MR) is 124 cm³/mol. The van der Waals surface area contributed by atoms with Crippen molar-refractivity contribution in [2.45, 2.75) is 98.2 Å². The summed E-state index contributed by atoms with van der Waals surface area (Å²) in [4.78, 5) is 27.7. The van der Waals surface area contributed by atoms with Gasteiger partial charge >= 0.3 is 5.97 Å². The minimum absolute atomic E-state index is 0.00231. The first-order valence-corrected chi connectivity index (χ1v) is 12.7. The van der Waals surface area contributed by atoms with E-state index < -0.39 is 22.5 Å². The van der Waals surface area contributed by atoms with Crippen LogP contribution in [-0.2, 0) is 14.3 Å². The summed E-state index contributed by atoms with van der Waals surface area (Å²) in [7, 11) is 0. The molecule has 5 aliphatic carbocycles. The number of carbonyl (C=O) groups excluding carboxylic acids is 2. The van der Waals surface area contributed by atoms with Crippen molar-refractivity contribution in [3.63, 3.8) is 0 Å². The van der Waals surface area contributed by atoms with E-state index in [0.717, 1.165) is 49.7 Å². The molecule has 176 valence electrons. The van der Waals surface area contributed by atoms with Crippen LogP contribution in [0, 0.1) is 39.9 Å². The molecule has 0 aromatic heterocycles. The third kappa shape index (κ3) is 2.71. The Labute approximate surface area is 192 Å². The lowest BCUT2D eigenvalue weighted by Crippen LogP contribution is -2.60. The lowest BCUT2D eigenvalue weighted by Gasteiger charge is -2.47. The second kappa shape index (κ2) is 6.81. The fourth-order valence-electron chi connectivity index (χ4n) is 8.39. The van der Waals surface area contributed by atoms with Crippen molar-refractivity contribution in [3.05, 3.63) is 23.3 Å². The summed E-state index contributed by atoms with van der Waals surface area (Å²) < 4.78 is 6.21. The number of carbonyl (C=O) groups is 2. The van der Waals surface area contributed by atoms with Crippen LogP contribution in [0.3, 0.4) is 0 Å². The van der Waals surface area contributed by atoms with Gasteiger partial charge in [-0.05, 0) is 68.8 Å². The number of ether oxygens (including phenoxy) is 1. The zero-order valence-electron chi connectivity index (χ0n) is 20.7. The molecule has 5 rings (SSSR count). The quantitative estimate of drug-likeness (QED) is 0.462. The van der Waals surface area contributed by atoms with Gasteiger partial charge in [0, 0.05) is 12.3 Å². The summed E-state index contributed by atoms with van der Waals surface area (Å²) in [6, 6.07) is 0. The third-order valence-electron chi connectivity index (χ3n) is 10.3. The molecule has 7 atom stereocenters. The van der Waals surface area contributed by atoms with Crippen molar-refractivity contribution >= 4 is 11.8 Å². The highest BCUT2D eigenvalue weighted by Crippen LogP contribution is 2.71. The Morgan fingerprint density at radius 2 is 1.78 bits per heavy atom. The normalized spacial score (nSPS) is 46.1. The molecule has 1 N–H and O–H groups in total. The first kappa shape index (κ1) is 22.4. The van der Waals surface area contributed by atoms with Crippen LogP contribution in [0.5, 0.6) is 0 Å². The fourth-order valence-corrected chi connectivity index (χ4v) is 8.39. The van der Waals surface area contributed by atoms with E-state index in [0.29, 0.717) is 18.3 Å². The molecule has 2 bridgehead atoms. The highest BCUT2D eigenvalue weighted by Gasteiger charge is 2.74. The van der Waals surface area contributed by atoms with Gasteiger partial charge in [0.1, 0.15) is 5.60 Å². The largest absolute Gasteiger partial charge is 0.454 e. The number of allylic oxidation sites excluding steroid dienone is 1. The molecule has 0 aliphatic heterocycles. The van der Waals surface area contributed by atoms with Crippen molar-refractivity contribution < 1.29 is 19.4 Å². The van der Waals surface area contributed by atoms with Crippen LogP contribution in [0.4, 0.5) is 0 Å². The summed E-state index contributed by atoms with van der Waals surface area (Å²) in [5.41, 5.74) is -0.857. The maximum absolute atomic E-state index is 14.3. The molecule has 0 radical (unpaired) electrons. The number of aliphatic hydroxyl groups is 1. The van der Waals surface area contributed by atoms with Gasteiger partial charge in [-0.25, -0.2) is 0 Å². The topological polar surface area (TPSA) is 63.6 Å². The van der Waals surface area contributed by atoms with E-state index in [2.05, 4.69) is 26.8 Å². The number of ketones is 1. The van der Waals surface area contributed by atoms with Crippen molar-refractivity contribution in [1.82, 2.24) is 0 Å². The molecule has 3 fully saturated rings. The molecule has 4 nitrogen and oxygen atoms in total. The molecule has 3 saturated carbocycles. The maximum atomic E-state index is 14.3. The molecule has 4 heteroatoms. The van der Waals surface area contributed by atoms with Gasteiger partial charge in [0.05, 0.1) is 10.8 Å². The van der Waals surface area contributed by atoms with E-state index in [4.69, 9.17) is 4.74 Å². The highest BCUT2D eigenvalue weighted by atomic mass is 16.6. The Hall–Kier alpha value is -1.42. The van der Waals surface area contributed by atoms with E-state index in [-0.39, 0.29) is 29.0 Å². The van der Waals surface area contributed by atoms with Crippen LogP contribution < -0.4 is 0 Å². The first-order chi connectivity index (χ1) is 14.9. The molecule has 32 heavy (non-hydrogen) atoms. The second-order valence-electron chi connectivity index (χ2n) is 12.8. The van der Waals surface area contributed by atoms with Crippen LogP contribution in [-0.4, -0.2) is 28.6 Å². The van der Waals surface area contributed by atoms with Gasteiger partial charge in [0.25, 0.3) is 0 Å². The van der Waals surface area contributed by atoms with Crippen LogP contribution in [0.25, 0.3) is 0 Å². The summed E-state index contributed by atoms with van der Waals surface area (Å²) in [5.74, 6) is 0.606. The van der Waals surface area contributed by atoms with Crippen molar-refractivity contribution in [2.75, 3.05) is 0 Å². The lowest BCUT2D eigenvalue weighted by molar-refractivity contribution is -0.189. The molecule has 5 aliphatic rings. The Kier molecular flexibility index (Phi) is 4.76. The number of fused-ring (bicyclic) bond motifs is 3. The third-order valence-corrected chi connectivity index (χ3v) is 10.3. The number of Topliss-reactive ketones (excluding diaryl/α,β-unsaturated/α-hetero) is 1. The number of rotatable bonds is 2. The molecule has 0 saturated heterocycles. The summed E-state index contributed by atoms with van der Waals surface area (Å²) in [5, 5.41) is 12.4. The number of hydrogen-bond acceptors (Lipinski definition) is 4. The molecule has 0 aromatic carbocycles. The second-order valence-corrected chi connectivity index (χ2v) is 12.8. The van der Waals surface area contributed by atoms with Gasteiger partial charge in [-0.3, -0.25) is 9.59 Å². The van der Waals surface area contributed by atoms with E-state index in [9.17, 15) is 14.7 Å². The number of hydrogen-bond donors (Lipinski definition) is 1. The van der Waals surface area contributed by atoms with Crippen molar-refractivity contribution in [3.8, 4) is 0 Å². The van der Waals surface area contributed by atoms with Gasteiger partial charge in [0.15, 0.2) is 11.9 Å². The standard InChI is InChI=1S/C28H40O4/c1-16-12-19-21-20(25(21,4)5)13-18(3)27(22(19)29)15-17(2)23(28(27,31)14-16)32-24(30)26(6)10-8-7-9-11-26/h12,15,18-21,23,31H,7-11,13-14H2,1-6H3/t18-,19+,20-,21+,23+,27+,28+/m1/s1. The van der Waals surface area contributed by atoms with Crippen LogP contribution in [0.2, 0.25) is 0 Å². The average molecular weight is 441 g/mol. The van der Waals surface area contributed by atoms with E-state index in [1.807, 2.05) is 26.8 Å². The molecule has 0 amide bonds. The van der Waals surface area contributed by atoms with Crippen LogP contribution in [0.15, 0.2) is 23.3 Å². The minimum atomic E-state index is -1.41. The Morgan fingerprint density at radius 3 is 2.44 bits per heavy atom. The minimum Gasteiger partial charge on any atom is -0.454 e. The van der Waals surface area contributed by atoms with Gasteiger partial charge in [-0.2, -0.15) is 0 Å². The van der Waals surface area contributed by atoms with Crippen molar-refractivity contribution in [2.24, 2.45) is 39.9 Å². The molecular weight excluding hydrogens is 400 g/mol. The van der Waals surface area contributed by atoms with Gasteiger partial charge in [-0.15, -0.1) is 0 Å². The monoisotopic (exact) mass is 440 g/mol. The molecule has 0 aromatic rings. The fraction of sp³-hybridized carbons (Fsp3) is 0.786. The van der Waals surface area contributed by atoms with Crippen molar-refractivity contribution in [1.29, 1.82) is 0 Å². The Morgan fingerprint density at radius 1 is 1.12 bits per heavy atom. The summed E-state index contributed by atoms with van der Waals surface area (Å²) in [6.07, 6.45) is 9.59.